The normalized spacial score (nSPS) is 33.1. The summed E-state index contributed by atoms with van der Waals surface area (Å²) in [4.78, 5) is 14.3. The monoisotopic (exact) mass is 253 g/mol. The summed E-state index contributed by atoms with van der Waals surface area (Å²) in [6.07, 6.45) is 6.43. The van der Waals surface area contributed by atoms with Crippen LogP contribution in [-0.4, -0.2) is 41.5 Å². The second-order valence-electron chi connectivity index (χ2n) is 6.37. The number of amides is 1. The molecule has 0 aromatic carbocycles. The van der Waals surface area contributed by atoms with Crippen molar-refractivity contribution < 1.29 is 4.79 Å². The minimum atomic E-state index is -0.451. The van der Waals surface area contributed by atoms with Crippen LogP contribution in [0.3, 0.4) is 0 Å². The van der Waals surface area contributed by atoms with Crippen molar-refractivity contribution in [3.63, 3.8) is 0 Å². The summed E-state index contributed by atoms with van der Waals surface area (Å²) in [6, 6.07) is 1.51. The fourth-order valence-electron chi connectivity index (χ4n) is 3.06. The van der Waals surface area contributed by atoms with E-state index in [2.05, 4.69) is 31.1 Å². The van der Waals surface area contributed by atoms with Crippen LogP contribution in [0.4, 0.5) is 0 Å². The molecule has 18 heavy (non-hydrogen) atoms. The third-order valence-corrected chi connectivity index (χ3v) is 4.64. The highest BCUT2D eigenvalue weighted by molar-refractivity contribution is 5.85. The van der Waals surface area contributed by atoms with E-state index in [-0.39, 0.29) is 5.91 Å². The molecule has 0 heterocycles. The van der Waals surface area contributed by atoms with Gasteiger partial charge < -0.3 is 16.0 Å². The molecule has 0 saturated heterocycles. The van der Waals surface area contributed by atoms with Gasteiger partial charge in [0.25, 0.3) is 0 Å². The standard InChI is InChI=1S/C14H27N3O/c1-10(2)17(3)12-5-4-8-14(9-12,13(15)18)16-11-6-7-11/h10-12,16H,4-9H2,1-3H3,(H2,15,18). The Morgan fingerprint density at radius 2 is 2.06 bits per heavy atom. The lowest BCUT2D eigenvalue weighted by atomic mass is 9.77. The van der Waals surface area contributed by atoms with Gasteiger partial charge in [0.1, 0.15) is 0 Å². The van der Waals surface area contributed by atoms with Gasteiger partial charge in [0.05, 0.1) is 5.54 Å². The number of hydrogen-bond donors (Lipinski definition) is 2. The predicted octanol–water partition coefficient (Wildman–Crippen LogP) is 1.25. The molecule has 4 heteroatoms. The first-order chi connectivity index (χ1) is 8.44. The average molecular weight is 253 g/mol. The lowest BCUT2D eigenvalue weighted by molar-refractivity contribution is -0.127. The SMILES string of the molecule is CC(C)N(C)C1CCCC(NC2CC2)(C(N)=O)C1. The zero-order valence-corrected chi connectivity index (χ0v) is 11.9. The Labute approximate surface area is 110 Å². The number of carbonyl (C=O) groups excluding carboxylic acids is 1. The Morgan fingerprint density at radius 1 is 1.39 bits per heavy atom. The van der Waals surface area contributed by atoms with Gasteiger partial charge in [0.2, 0.25) is 5.91 Å². The molecule has 2 fully saturated rings. The van der Waals surface area contributed by atoms with Gasteiger partial charge in [-0.3, -0.25) is 4.79 Å². The number of nitrogens with one attached hydrogen (secondary N) is 1. The molecule has 0 aromatic rings. The van der Waals surface area contributed by atoms with Crippen LogP contribution in [-0.2, 0) is 4.79 Å². The number of nitrogens with zero attached hydrogens (tertiary/aromatic N) is 1. The Morgan fingerprint density at radius 3 is 2.56 bits per heavy atom. The smallest absolute Gasteiger partial charge is 0.237 e. The van der Waals surface area contributed by atoms with E-state index < -0.39 is 5.54 Å². The van der Waals surface area contributed by atoms with Crippen LogP contribution in [0.2, 0.25) is 0 Å². The molecule has 2 rings (SSSR count). The number of nitrogens with two attached hydrogens (primary N) is 1. The van der Waals surface area contributed by atoms with Gasteiger partial charge >= 0.3 is 0 Å². The van der Waals surface area contributed by atoms with Gasteiger partial charge in [0.15, 0.2) is 0 Å². The average Bonchev–Trinajstić information content (AvgIpc) is 3.11. The first-order valence-corrected chi connectivity index (χ1v) is 7.24. The van der Waals surface area contributed by atoms with E-state index in [1.165, 1.54) is 19.3 Å². The van der Waals surface area contributed by atoms with Crippen molar-refractivity contribution in [1.82, 2.24) is 10.2 Å². The molecule has 0 aromatic heterocycles. The van der Waals surface area contributed by atoms with Crippen LogP contribution in [0.5, 0.6) is 0 Å². The number of rotatable bonds is 5. The number of carbonyl (C=O) groups is 1. The lowest BCUT2D eigenvalue weighted by Gasteiger charge is -2.43. The van der Waals surface area contributed by atoms with Crippen molar-refractivity contribution in [3.8, 4) is 0 Å². The summed E-state index contributed by atoms with van der Waals surface area (Å²) < 4.78 is 0. The molecule has 2 aliphatic rings. The number of hydrogen-bond acceptors (Lipinski definition) is 3. The summed E-state index contributed by atoms with van der Waals surface area (Å²) in [5.74, 6) is -0.156. The summed E-state index contributed by atoms with van der Waals surface area (Å²) in [7, 11) is 2.16. The van der Waals surface area contributed by atoms with Crippen LogP contribution in [0.25, 0.3) is 0 Å². The highest BCUT2D eigenvalue weighted by atomic mass is 16.1. The molecular formula is C14H27N3O. The molecule has 2 unspecified atom stereocenters. The fourth-order valence-corrected chi connectivity index (χ4v) is 3.06. The van der Waals surface area contributed by atoms with E-state index >= 15 is 0 Å². The Balaban J connectivity index is 2.07. The first kappa shape index (κ1) is 13.8. The fraction of sp³-hybridized carbons (Fsp3) is 0.929. The van der Waals surface area contributed by atoms with Crippen LogP contribution in [0.1, 0.15) is 52.4 Å². The molecule has 1 amide bonds. The molecule has 0 aliphatic heterocycles. The molecule has 3 N–H and O–H groups in total. The minimum Gasteiger partial charge on any atom is -0.368 e. The maximum Gasteiger partial charge on any atom is 0.237 e. The summed E-state index contributed by atoms with van der Waals surface area (Å²) in [5.41, 5.74) is 5.25. The second-order valence-corrected chi connectivity index (χ2v) is 6.37. The van der Waals surface area contributed by atoms with E-state index in [0.717, 1.165) is 19.3 Å². The predicted molar refractivity (Wildman–Crippen MR) is 73.2 cm³/mol. The van der Waals surface area contributed by atoms with E-state index in [1.54, 1.807) is 0 Å². The molecule has 2 atom stereocenters. The highest BCUT2D eigenvalue weighted by Crippen LogP contribution is 2.34. The topological polar surface area (TPSA) is 58.4 Å². The Hall–Kier alpha value is -0.610. The third-order valence-electron chi connectivity index (χ3n) is 4.64. The van der Waals surface area contributed by atoms with Crippen molar-refractivity contribution in [3.05, 3.63) is 0 Å². The molecule has 104 valence electrons. The Kier molecular flexibility index (Phi) is 3.97. The third kappa shape index (κ3) is 2.86. The lowest BCUT2D eigenvalue weighted by Crippen LogP contribution is -2.61. The van der Waals surface area contributed by atoms with Crippen molar-refractivity contribution in [2.75, 3.05) is 7.05 Å². The molecule has 2 aliphatic carbocycles. The van der Waals surface area contributed by atoms with Gasteiger partial charge in [-0.2, -0.15) is 0 Å². The van der Waals surface area contributed by atoms with Crippen molar-refractivity contribution >= 4 is 5.91 Å². The molecule has 2 saturated carbocycles. The van der Waals surface area contributed by atoms with E-state index in [4.69, 9.17) is 5.73 Å². The van der Waals surface area contributed by atoms with E-state index in [9.17, 15) is 4.79 Å². The van der Waals surface area contributed by atoms with Gasteiger partial charge in [-0.15, -0.1) is 0 Å². The zero-order chi connectivity index (χ0) is 13.3. The minimum absolute atomic E-state index is 0.156. The molecule has 0 spiro atoms. The van der Waals surface area contributed by atoms with Crippen molar-refractivity contribution in [2.45, 2.75) is 76.0 Å². The number of primary amides is 1. The van der Waals surface area contributed by atoms with Crippen molar-refractivity contribution in [1.29, 1.82) is 0 Å². The molecule has 4 nitrogen and oxygen atoms in total. The van der Waals surface area contributed by atoms with Gasteiger partial charge in [0, 0.05) is 18.1 Å². The molecular weight excluding hydrogens is 226 g/mol. The Bertz CT molecular complexity index is 314. The van der Waals surface area contributed by atoms with Crippen molar-refractivity contribution in [2.24, 2.45) is 5.73 Å². The highest BCUT2D eigenvalue weighted by Gasteiger charge is 2.45. The molecule has 0 radical (unpaired) electrons. The van der Waals surface area contributed by atoms with Crippen LogP contribution in [0, 0.1) is 0 Å². The van der Waals surface area contributed by atoms with Gasteiger partial charge in [-0.05, 0) is 59.4 Å². The van der Waals surface area contributed by atoms with Gasteiger partial charge in [-0.1, -0.05) is 0 Å². The summed E-state index contributed by atoms with van der Waals surface area (Å²) in [6.45, 7) is 4.41. The van der Waals surface area contributed by atoms with Gasteiger partial charge in [-0.25, -0.2) is 0 Å². The quantitative estimate of drug-likeness (QED) is 0.775. The zero-order valence-electron chi connectivity index (χ0n) is 11.9. The summed E-state index contributed by atoms with van der Waals surface area (Å²) in [5, 5.41) is 3.53. The first-order valence-electron chi connectivity index (χ1n) is 7.24. The maximum atomic E-state index is 11.9. The molecule has 0 bridgehead atoms. The largest absolute Gasteiger partial charge is 0.368 e. The van der Waals surface area contributed by atoms with Crippen LogP contribution < -0.4 is 11.1 Å². The maximum absolute atomic E-state index is 11.9. The van der Waals surface area contributed by atoms with Crippen LogP contribution in [0.15, 0.2) is 0 Å². The second kappa shape index (κ2) is 5.17. The summed E-state index contributed by atoms with van der Waals surface area (Å²) >= 11 is 0. The van der Waals surface area contributed by atoms with E-state index in [1.807, 2.05) is 0 Å². The van der Waals surface area contributed by atoms with E-state index in [0.29, 0.717) is 18.1 Å². The van der Waals surface area contributed by atoms with Crippen LogP contribution >= 0.6 is 0 Å².